The molecular weight excluding hydrogens is 807 g/mol. The van der Waals surface area contributed by atoms with Gasteiger partial charge >= 0.3 is 0 Å². The SMILES string of the molecule is CC(C)(c1cccc(C(C)(c2ccccn2)c2[c-]cc(F)cc2F)n1)c1cccc(C(C)(c2[c-]cc(F)cc2F)c2ccccc2O)n1.[Ir]. The summed E-state index contributed by atoms with van der Waals surface area (Å²) in [6.45, 7) is 7.33. The molecule has 2 atom stereocenters. The van der Waals surface area contributed by atoms with Crippen LogP contribution < -0.4 is 0 Å². The van der Waals surface area contributed by atoms with Gasteiger partial charge in [0, 0.05) is 66.0 Å². The predicted molar refractivity (Wildman–Crippen MR) is 174 cm³/mol. The van der Waals surface area contributed by atoms with Crippen LogP contribution in [0.5, 0.6) is 5.75 Å². The topological polar surface area (TPSA) is 58.9 Å². The Morgan fingerprint density at radius 3 is 1.55 bits per heavy atom. The molecule has 6 rings (SSSR count). The number of phenols is 1. The number of nitrogens with zero attached hydrogens (tertiary/aromatic N) is 3. The summed E-state index contributed by atoms with van der Waals surface area (Å²) in [6, 6.07) is 31.8. The van der Waals surface area contributed by atoms with Crippen LogP contribution in [0.2, 0.25) is 0 Å². The third-order valence-electron chi connectivity index (χ3n) is 9.14. The molecule has 6 aromatic rings. The summed E-state index contributed by atoms with van der Waals surface area (Å²) in [5, 5.41) is 10.9. The van der Waals surface area contributed by atoms with Gasteiger partial charge in [-0.3, -0.25) is 32.5 Å². The summed E-state index contributed by atoms with van der Waals surface area (Å²) < 4.78 is 58.9. The van der Waals surface area contributed by atoms with Crippen LogP contribution in [-0.4, -0.2) is 20.1 Å². The molecule has 9 heteroatoms. The molecule has 0 saturated heterocycles. The summed E-state index contributed by atoms with van der Waals surface area (Å²) in [7, 11) is 0. The van der Waals surface area contributed by atoms with Crippen molar-refractivity contribution in [3.8, 4) is 5.75 Å². The second-order valence-electron chi connectivity index (χ2n) is 12.5. The zero-order valence-electron chi connectivity index (χ0n) is 27.0. The fourth-order valence-corrected chi connectivity index (χ4v) is 6.25. The first kappa shape index (κ1) is 35.6. The van der Waals surface area contributed by atoms with Crippen molar-refractivity contribution >= 4 is 0 Å². The Labute approximate surface area is 296 Å². The molecule has 0 aliphatic heterocycles. The van der Waals surface area contributed by atoms with E-state index in [9.17, 15) is 13.9 Å². The molecule has 49 heavy (non-hydrogen) atoms. The van der Waals surface area contributed by atoms with Crippen molar-refractivity contribution in [2.45, 2.75) is 43.9 Å². The van der Waals surface area contributed by atoms with Crippen molar-refractivity contribution < 1.29 is 42.8 Å². The van der Waals surface area contributed by atoms with Crippen LogP contribution in [0, 0.1) is 35.4 Å². The monoisotopic (exact) mass is 838 g/mol. The van der Waals surface area contributed by atoms with Crippen LogP contribution >= 0.6 is 0 Å². The van der Waals surface area contributed by atoms with Crippen LogP contribution in [0.1, 0.15) is 72.9 Å². The first-order chi connectivity index (χ1) is 22.9. The molecule has 1 N–H and O–H groups in total. The molecule has 3 aromatic carbocycles. The van der Waals surface area contributed by atoms with Gasteiger partial charge in [-0.1, -0.05) is 36.4 Å². The summed E-state index contributed by atoms with van der Waals surface area (Å²) in [5.41, 5.74) is -0.572. The van der Waals surface area contributed by atoms with Crippen molar-refractivity contribution in [3.05, 3.63) is 190 Å². The second kappa shape index (κ2) is 13.7. The molecule has 0 spiro atoms. The number of hydrogen-bond acceptors (Lipinski definition) is 4. The zero-order chi connectivity index (χ0) is 34.3. The minimum atomic E-state index is -1.38. The van der Waals surface area contributed by atoms with Gasteiger partial charge in [0.25, 0.3) is 0 Å². The van der Waals surface area contributed by atoms with E-state index in [0.29, 0.717) is 34.0 Å². The quantitative estimate of drug-likeness (QED) is 0.123. The molecule has 0 bridgehead atoms. The number of rotatable bonds is 8. The van der Waals surface area contributed by atoms with E-state index in [1.165, 1.54) is 6.07 Å². The zero-order valence-corrected chi connectivity index (χ0v) is 29.4. The standard InChI is InChI=1S/C40H31F4N3O.Ir/c1-38(2,34-15-10-17-37(47-34)40(4,35-13-7-8-22-45-35)28-21-19-26(42)24-31(28)44)33-14-9-16-36(46-33)39(3,29-11-5-6-12-32(29)48)27-20-18-25(41)23-30(27)43;/h5-19,22-24,48H,1-4H3;/q-2;. The molecule has 1 radical (unpaired) electrons. The number of phenolic OH excluding ortho intramolecular Hbond substituents is 1. The second-order valence-corrected chi connectivity index (χ2v) is 12.5. The van der Waals surface area contributed by atoms with Gasteiger partial charge in [-0.25, -0.2) is 0 Å². The molecular formula is C40H31F4IrN3O-2. The van der Waals surface area contributed by atoms with Crippen molar-refractivity contribution in [2.24, 2.45) is 0 Å². The van der Waals surface area contributed by atoms with E-state index in [2.05, 4.69) is 17.1 Å². The van der Waals surface area contributed by atoms with E-state index in [1.54, 1.807) is 80.7 Å². The van der Waals surface area contributed by atoms with Crippen LogP contribution in [0.4, 0.5) is 17.6 Å². The third kappa shape index (κ3) is 6.29. The van der Waals surface area contributed by atoms with Gasteiger partial charge in [0.15, 0.2) is 0 Å². The Morgan fingerprint density at radius 2 is 1.04 bits per heavy atom. The Morgan fingerprint density at radius 1 is 0.571 bits per heavy atom. The molecule has 0 amide bonds. The first-order valence-corrected chi connectivity index (χ1v) is 15.3. The molecule has 0 fully saturated rings. The van der Waals surface area contributed by atoms with E-state index < -0.39 is 39.5 Å². The number of aromatic nitrogens is 3. The van der Waals surface area contributed by atoms with Crippen molar-refractivity contribution in [1.82, 2.24) is 15.0 Å². The maximum absolute atomic E-state index is 15.5. The molecule has 0 aliphatic carbocycles. The van der Waals surface area contributed by atoms with Gasteiger partial charge in [-0.05, 0) is 70.2 Å². The summed E-state index contributed by atoms with van der Waals surface area (Å²) in [5.74, 6) is -3.23. The predicted octanol–water partition coefficient (Wildman–Crippen LogP) is 8.77. The van der Waals surface area contributed by atoms with Crippen LogP contribution in [0.25, 0.3) is 0 Å². The normalized spacial score (nSPS) is 14.0. The van der Waals surface area contributed by atoms with Crippen LogP contribution in [0.3, 0.4) is 0 Å². The molecule has 2 unspecified atom stereocenters. The van der Waals surface area contributed by atoms with Gasteiger partial charge in [-0.15, -0.1) is 35.4 Å². The van der Waals surface area contributed by atoms with E-state index in [-0.39, 0.29) is 37.0 Å². The van der Waals surface area contributed by atoms with E-state index >= 15 is 8.78 Å². The number of halogens is 4. The van der Waals surface area contributed by atoms with Gasteiger partial charge in [0.2, 0.25) is 0 Å². The average molecular weight is 838 g/mol. The average Bonchev–Trinajstić information content (AvgIpc) is 3.08. The van der Waals surface area contributed by atoms with Gasteiger partial charge in [-0.2, -0.15) is 12.1 Å². The minimum absolute atomic E-state index is 0. The first-order valence-electron chi connectivity index (χ1n) is 15.3. The van der Waals surface area contributed by atoms with E-state index in [1.807, 2.05) is 26.0 Å². The number of benzene rings is 3. The summed E-state index contributed by atoms with van der Waals surface area (Å²) in [4.78, 5) is 14.6. The van der Waals surface area contributed by atoms with Gasteiger partial charge in [0.1, 0.15) is 5.75 Å². The number of pyridine rings is 3. The van der Waals surface area contributed by atoms with Crippen molar-refractivity contribution in [1.29, 1.82) is 0 Å². The number of hydrogen-bond donors (Lipinski definition) is 1. The maximum Gasteiger partial charge on any atom is 0.119 e. The van der Waals surface area contributed by atoms with Crippen molar-refractivity contribution in [3.63, 3.8) is 0 Å². The summed E-state index contributed by atoms with van der Waals surface area (Å²) in [6.07, 6.45) is 1.60. The number of para-hydroxylation sites is 1. The minimum Gasteiger partial charge on any atom is -0.508 e. The molecule has 3 heterocycles. The van der Waals surface area contributed by atoms with Gasteiger partial charge < -0.3 is 5.11 Å². The Kier molecular flexibility index (Phi) is 9.91. The number of aromatic hydroxyl groups is 1. The molecule has 0 saturated carbocycles. The Bertz CT molecular complexity index is 2130. The molecule has 3 aromatic heterocycles. The molecule has 0 aliphatic rings. The third-order valence-corrected chi connectivity index (χ3v) is 9.14. The van der Waals surface area contributed by atoms with E-state index in [0.717, 1.165) is 24.3 Å². The maximum atomic E-state index is 15.5. The smallest absolute Gasteiger partial charge is 0.119 e. The fraction of sp³-hybridized carbons (Fsp3) is 0.175. The van der Waals surface area contributed by atoms with Crippen LogP contribution in [0.15, 0.2) is 109 Å². The Balaban J connectivity index is 0.00000468. The summed E-state index contributed by atoms with van der Waals surface area (Å²) >= 11 is 0. The van der Waals surface area contributed by atoms with Crippen molar-refractivity contribution in [2.75, 3.05) is 0 Å². The largest absolute Gasteiger partial charge is 0.508 e. The van der Waals surface area contributed by atoms with E-state index in [4.69, 9.17) is 9.97 Å². The van der Waals surface area contributed by atoms with Crippen LogP contribution in [-0.2, 0) is 36.4 Å². The molecule has 4 nitrogen and oxygen atoms in total. The Hall–Kier alpha value is -4.72. The molecule has 251 valence electrons. The fourth-order valence-electron chi connectivity index (χ4n) is 6.25. The van der Waals surface area contributed by atoms with Gasteiger partial charge in [0.05, 0.1) is 33.9 Å².